The molecule has 722 valence electrons. The normalized spacial score (nSPS) is 24.9. The highest BCUT2D eigenvalue weighted by atomic mass is 79.9. The van der Waals surface area contributed by atoms with Gasteiger partial charge >= 0.3 is 29.9 Å². The van der Waals surface area contributed by atoms with E-state index >= 15 is 0 Å². The molecule has 10 saturated heterocycles. The number of nitrogens with one attached hydrogen (secondary N) is 1. The Hall–Kier alpha value is -8.65. The highest BCUT2D eigenvalue weighted by Crippen LogP contribution is 2.41. The predicted molar refractivity (Wildman–Crippen MR) is 488 cm³/mol. The number of allylic oxidation sites excluding steroid dienone is 1. The van der Waals surface area contributed by atoms with Crippen LogP contribution in [0, 0.1) is 37.7 Å². The minimum Gasteiger partial charge on any atom is -0.444 e. The van der Waals surface area contributed by atoms with E-state index in [2.05, 4.69) is 64.1 Å². The van der Waals surface area contributed by atoms with E-state index in [1.165, 1.54) is 24.4 Å². The summed E-state index contributed by atoms with van der Waals surface area (Å²) in [5.41, 5.74) is 3.96. The number of fused-ring (bicyclic) bond motifs is 1. The quantitative estimate of drug-likeness (QED) is 0.0249. The number of anilines is 3. The SMILES string of the molecule is C.C=CCBr.C=CCC1(O)CCN(C(=O)OC(C)(C)C)C1.CC(C)(C)OC(=O)N1CCC2(CC(O)CO2)C1.CC(C)(C)OC(=O)N1Cc2nc(-c3c(F)cccc3F)cc(Cl)c2C1=O.CN1CCC(=O)C1.ClCCl.Nc1ccc(N2CCC3(CC(O)CO3)C2)cn1.O=[N+]([O-])c1ccc(F)cn1.O=[N+]([O-])c1ccc(N2CCC3(CC(O)CO3)C2)cn1.OC1COC2(CCNC2)C1. The molecule has 130 heavy (non-hydrogen) atoms. The maximum Gasteiger partial charge on any atom is 0.417 e. The third-order valence-corrected chi connectivity index (χ3v) is 22.1. The molecule has 4 aromatic heterocycles. The number of nitrogens with two attached hydrogens (primary N) is 1. The number of nitro groups is 2. The number of likely N-dealkylation sites (N-methyl/N-ethyl adjacent to an activating group) is 1. The fourth-order valence-electron chi connectivity index (χ4n) is 15.5. The van der Waals surface area contributed by atoms with E-state index in [0.717, 1.165) is 136 Å². The number of benzene rings is 1. The number of halogens is 7. The van der Waals surface area contributed by atoms with Gasteiger partial charge in [-0.2, -0.15) is 0 Å². The van der Waals surface area contributed by atoms with Gasteiger partial charge in [0.15, 0.2) is 18.2 Å². The van der Waals surface area contributed by atoms with E-state index in [-0.39, 0.29) is 111 Å². The first-order valence-electron chi connectivity index (χ1n) is 42.0. The number of rotatable bonds is 8. The highest BCUT2D eigenvalue weighted by molar-refractivity contribution is 9.09. The predicted octanol–water partition coefficient (Wildman–Crippen LogP) is 12.9. The van der Waals surface area contributed by atoms with Gasteiger partial charge in [-0.3, -0.25) is 14.5 Å². The van der Waals surface area contributed by atoms with Crippen LogP contribution in [0.25, 0.3) is 11.3 Å². The van der Waals surface area contributed by atoms with Gasteiger partial charge in [-0.25, -0.2) is 42.4 Å². The summed E-state index contributed by atoms with van der Waals surface area (Å²) in [5.74, 6) is -2.43. The molecule has 10 fully saturated rings. The number of carbonyl (C=O) groups is 5. The number of ether oxygens (including phenoxy) is 7. The van der Waals surface area contributed by atoms with E-state index in [9.17, 15) is 82.9 Å². The van der Waals surface area contributed by atoms with Crippen LogP contribution in [0.2, 0.25) is 5.02 Å². The molecule has 0 aliphatic carbocycles. The number of likely N-dealkylation sites (tertiary alicyclic amines) is 3. The molecule has 8 N–H and O–H groups in total. The van der Waals surface area contributed by atoms with Crippen LogP contribution in [0.15, 0.2) is 105 Å². The van der Waals surface area contributed by atoms with Gasteiger partial charge in [-0.1, -0.05) is 53.2 Å². The molecule has 0 saturated carbocycles. The lowest BCUT2D eigenvalue weighted by Gasteiger charge is -2.26. The number of β-amino-alcohol motifs (C(OH)–C–C–N with tert-alkyl or cyclic N) is 1. The molecule has 9 unspecified atom stereocenters. The molecule has 1 aromatic carbocycles. The molecule has 0 radical (unpaired) electrons. The number of alkyl halides is 3. The van der Waals surface area contributed by atoms with Crippen molar-refractivity contribution in [1.29, 1.82) is 0 Å². The van der Waals surface area contributed by atoms with Crippen LogP contribution in [0.5, 0.6) is 0 Å². The van der Waals surface area contributed by atoms with E-state index in [1.54, 1.807) is 55.0 Å². The lowest BCUT2D eigenvalue weighted by atomic mass is 9.98. The Morgan fingerprint density at radius 3 is 1.46 bits per heavy atom. The molecular weight excluding hydrogens is 1830 g/mol. The van der Waals surface area contributed by atoms with E-state index < -0.39 is 67.8 Å². The van der Waals surface area contributed by atoms with Crippen LogP contribution in [0.1, 0.15) is 156 Å². The maximum absolute atomic E-state index is 14.0. The fourth-order valence-corrected chi connectivity index (χ4v) is 15.8. The van der Waals surface area contributed by atoms with Gasteiger partial charge in [0.25, 0.3) is 5.91 Å². The lowest BCUT2D eigenvalue weighted by molar-refractivity contribution is -0.389. The summed E-state index contributed by atoms with van der Waals surface area (Å²) >= 11 is 18.8. The molecule has 0 bridgehead atoms. The minimum absolute atomic E-state index is 0. The van der Waals surface area contributed by atoms with E-state index in [4.69, 9.17) is 73.7 Å². The molecule has 4 amide bonds. The molecule has 5 aromatic rings. The molecule has 42 heteroatoms. The zero-order valence-corrected chi connectivity index (χ0v) is 78.3. The summed E-state index contributed by atoms with van der Waals surface area (Å²) < 4.78 is 78.4. The highest BCUT2D eigenvalue weighted by Gasteiger charge is 2.50. The number of amides is 4. The molecule has 11 aliphatic heterocycles. The summed E-state index contributed by atoms with van der Waals surface area (Å²) in [6, 6.07) is 13.5. The van der Waals surface area contributed by atoms with Crippen LogP contribution in [0.4, 0.5) is 56.4 Å². The van der Waals surface area contributed by atoms with Gasteiger partial charge in [-0.05, 0) is 177 Å². The van der Waals surface area contributed by atoms with Gasteiger partial charge in [0.05, 0.1) is 155 Å². The summed E-state index contributed by atoms with van der Waals surface area (Å²) in [4.78, 5) is 104. The second kappa shape index (κ2) is 49.4. The molecule has 35 nitrogen and oxygen atoms in total. The van der Waals surface area contributed by atoms with Crippen LogP contribution < -0.4 is 20.9 Å². The Kier molecular flexibility index (Phi) is 41.8. The smallest absolute Gasteiger partial charge is 0.417 e. The van der Waals surface area contributed by atoms with Gasteiger partial charge in [0.1, 0.15) is 40.0 Å². The second-order valence-corrected chi connectivity index (χ2v) is 37.6. The van der Waals surface area contributed by atoms with Crippen molar-refractivity contribution in [3.63, 3.8) is 0 Å². The monoisotopic (exact) mass is 1950 g/mol. The summed E-state index contributed by atoms with van der Waals surface area (Å²) in [7, 11) is 1.96. The van der Waals surface area contributed by atoms with Crippen molar-refractivity contribution < 1.29 is 106 Å². The average molecular weight is 1960 g/mol. The van der Waals surface area contributed by atoms with Crippen LogP contribution in [-0.4, -0.2) is 297 Å². The van der Waals surface area contributed by atoms with Gasteiger partial charge in [0, 0.05) is 102 Å². The maximum atomic E-state index is 14.0. The van der Waals surface area contributed by atoms with Gasteiger partial charge in [-0.15, -0.1) is 36.4 Å². The second-order valence-electron chi connectivity index (χ2n) is 35.7. The fraction of sp³-hybridized carbons (Fsp3) is 0.602. The van der Waals surface area contributed by atoms with Crippen molar-refractivity contribution in [2.24, 2.45) is 0 Å². The van der Waals surface area contributed by atoms with Crippen molar-refractivity contribution in [3.8, 4) is 11.3 Å². The Balaban J connectivity index is 0.000000231. The lowest BCUT2D eigenvalue weighted by Crippen LogP contribution is -2.39. The number of aliphatic hydroxyl groups is 5. The Labute approximate surface area is 779 Å². The van der Waals surface area contributed by atoms with Crippen molar-refractivity contribution >= 4 is 110 Å². The van der Waals surface area contributed by atoms with Crippen molar-refractivity contribution in [2.45, 2.75) is 216 Å². The number of hydrogen-bond acceptors (Lipinski definition) is 30. The number of nitrogens with zero attached hydrogens (tertiary/aromatic N) is 12. The number of ketones is 1. The summed E-state index contributed by atoms with van der Waals surface area (Å²) in [6.07, 6.45) is 13.1. The summed E-state index contributed by atoms with van der Waals surface area (Å²) in [6.45, 7) is 33.6. The zero-order chi connectivity index (χ0) is 95.6. The number of imide groups is 1. The third kappa shape index (κ3) is 34.1. The first-order valence-corrected chi connectivity index (χ1v) is 44.6. The van der Waals surface area contributed by atoms with Crippen LogP contribution in [-0.2, 0) is 44.5 Å². The molecule has 9 atom stereocenters. The number of carbonyl (C=O) groups excluding carboxylic acids is 5. The van der Waals surface area contributed by atoms with Crippen molar-refractivity contribution in [2.75, 3.05) is 138 Å². The number of Topliss-reactive ketones (excluding diaryl/α,β-unsaturated/α-hetero) is 1. The number of aliphatic hydroxyl groups excluding tert-OH is 4. The topological polar surface area (TPSA) is 446 Å². The van der Waals surface area contributed by atoms with Gasteiger partial charge < -0.3 is 110 Å². The molecular formula is C88H125BrCl3F3N14O21. The number of hydrogen-bond donors (Lipinski definition) is 7. The number of pyridine rings is 4. The Morgan fingerprint density at radius 1 is 0.631 bits per heavy atom. The third-order valence-electron chi connectivity index (χ3n) is 21.4. The number of nitrogen functional groups attached to an aromatic ring is 1. The zero-order valence-electron chi connectivity index (χ0n) is 74.5. The number of aromatic nitrogens is 4. The van der Waals surface area contributed by atoms with Crippen LogP contribution >= 0.6 is 50.7 Å². The van der Waals surface area contributed by atoms with Gasteiger partial charge in [0.2, 0.25) is 0 Å². The van der Waals surface area contributed by atoms with E-state index in [0.29, 0.717) is 103 Å². The molecule has 15 heterocycles. The van der Waals surface area contributed by atoms with Crippen molar-refractivity contribution in [3.05, 3.63) is 159 Å². The Morgan fingerprint density at radius 2 is 1.08 bits per heavy atom. The average Bonchev–Trinajstić information content (AvgIpc) is 1.60. The first-order chi connectivity index (χ1) is 60.5. The largest absolute Gasteiger partial charge is 0.444 e. The first kappa shape index (κ1) is 110. The van der Waals surface area contributed by atoms with Crippen molar-refractivity contribution in [1.82, 2.24) is 44.9 Å². The standard InChI is InChI=1S/C18H15ClF2N2O3.C12H15N3O4.C12H17N3O2.C12H21NO4.C12H21NO3.C7H13NO2.C5H3FN2O2.C5H9NO.C3H5Br.CH2Cl2.CH4/c1-18(2,3)26-17(25)23-8-13-14(16(23)24)9(19)7-12(22-13)15-10(20)5-4-6-11(15)21;16-10-5-12(19-7-10)3-4-14(8-12)9-1-2-11(13-6-9)15(17)18;13-11-2-1-9(6-14-11)15-4-3-12(8-15)5-10(16)7-17-12;1-11(2,3)17-10(15)13-5-4-12(8-13)6-9(14)7-16-12;1-5-6-12(15)7-8-13(9-12)10(14)16-11(2,3)4;9-6-3-7(10-4-6)1-2-8-5-7;6-4-1-2-5(7-3-4)8(9)10;1-6-3-2-5(7)4-6;1-2-3-4;2-1-3;/h4-7H,8H2,1-3H3;1-2,6,10,16H,3-5,7-8H2;1-2,6,10,16H,3-5,7-8H2,(H2,13,14);9,14H,4-8H2,1-3H3;5,15H,1,6-9H2,2-4H3;6,8-9H,1-5H2;1-3H;2-4H2,1H3;2H,1,3H2;1H2;1H4. The molecule has 16 rings (SSSR count). The molecule has 11 aliphatic rings. The minimum atomic E-state index is -0.838. The Bertz CT molecular complexity index is 4550. The van der Waals surface area contributed by atoms with Crippen LogP contribution in [0.3, 0.4) is 0 Å². The van der Waals surface area contributed by atoms with E-state index in [1.807, 2.05) is 65.6 Å². The summed E-state index contributed by atoms with van der Waals surface area (Å²) in [5, 5.41) is 72.7. The molecule has 4 spiro atoms.